The molecule has 0 fully saturated rings. The molecule has 0 amide bonds. The third-order valence-corrected chi connectivity index (χ3v) is 2.73. The standard InChI is InChI=1S/C12H17N3O3/c1-3-5-13-10-8-7-18-6-4-9(8)14-11(15-10)12(16)17-2/h3-7H2,1-2H3,(H,13,14,15). The van der Waals surface area contributed by atoms with Gasteiger partial charge in [-0.3, -0.25) is 0 Å². The van der Waals surface area contributed by atoms with Gasteiger partial charge in [-0.05, 0) is 6.42 Å². The van der Waals surface area contributed by atoms with E-state index < -0.39 is 5.97 Å². The van der Waals surface area contributed by atoms with Gasteiger partial charge in [-0.15, -0.1) is 0 Å². The number of esters is 1. The van der Waals surface area contributed by atoms with E-state index in [2.05, 4.69) is 26.9 Å². The molecule has 1 aliphatic rings. The molecule has 0 radical (unpaired) electrons. The van der Waals surface area contributed by atoms with Gasteiger partial charge in [0.1, 0.15) is 5.82 Å². The highest BCUT2D eigenvalue weighted by molar-refractivity contribution is 5.85. The summed E-state index contributed by atoms with van der Waals surface area (Å²) >= 11 is 0. The minimum Gasteiger partial charge on any atom is -0.463 e. The molecule has 2 rings (SSSR count). The van der Waals surface area contributed by atoms with Crippen molar-refractivity contribution in [3.8, 4) is 0 Å². The van der Waals surface area contributed by atoms with Crippen molar-refractivity contribution in [3.05, 3.63) is 17.1 Å². The molecular formula is C12H17N3O3. The van der Waals surface area contributed by atoms with E-state index in [9.17, 15) is 4.79 Å². The lowest BCUT2D eigenvalue weighted by atomic mass is 10.1. The maximum Gasteiger partial charge on any atom is 0.376 e. The molecule has 1 aromatic heterocycles. The topological polar surface area (TPSA) is 73.3 Å². The minimum absolute atomic E-state index is 0.108. The second-order valence-corrected chi connectivity index (χ2v) is 4.04. The van der Waals surface area contributed by atoms with Gasteiger partial charge in [-0.1, -0.05) is 6.92 Å². The number of hydrogen-bond acceptors (Lipinski definition) is 6. The molecule has 2 heterocycles. The second-order valence-electron chi connectivity index (χ2n) is 4.04. The Bertz CT molecular complexity index is 448. The Hall–Kier alpha value is -1.69. The van der Waals surface area contributed by atoms with Crippen molar-refractivity contribution in [2.24, 2.45) is 0 Å². The Morgan fingerprint density at radius 1 is 1.50 bits per heavy atom. The number of rotatable bonds is 4. The third-order valence-electron chi connectivity index (χ3n) is 2.73. The van der Waals surface area contributed by atoms with E-state index >= 15 is 0 Å². The van der Waals surface area contributed by atoms with Gasteiger partial charge in [0, 0.05) is 18.5 Å². The first-order valence-corrected chi connectivity index (χ1v) is 6.06. The van der Waals surface area contributed by atoms with Gasteiger partial charge in [0.25, 0.3) is 0 Å². The number of ether oxygens (including phenoxy) is 2. The summed E-state index contributed by atoms with van der Waals surface area (Å²) < 4.78 is 10.1. The van der Waals surface area contributed by atoms with Crippen LogP contribution in [0, 0.1) is 0 Å². The van der Waals surface area contributed by atoms with Gasteiger partial charge in [0.2, 0.25) is 5.82 Å². The maximum absolute atomic E-state index is 11.5. The number of carbonyl (C=O) groups excluding carboxylic acids is 1. The Morgan fingerprint density at radius 2 is 2.33 bits per heavy atom. The second kappa shape index (κ2) is 5.77. The predicted molar refractivity (Wildman–Crippen MR) is 65.5 cm³/mol. The number of aromatic nitrogens is 2. The van der Waals surface area contributed by atoms with Crippen LogP contribution in [0.2, 0.25) is 0 Å². The molecule has 0 bridgehead atoms. The van der Waals surface area contributed by atoms with E-state index in [1.54, 1.807) is 0 Å². The number of nitrogens with zero attached hydrogens (tertiary/aromatic N) is 2. The van der Waals surface area contributed by atoms with Gasteiger partial charge >= 0.3 is 5.97 Å². The molecule has 0 aliphatic carbocycles. The largest absolute Gasteiger partial charge is 0.463 e. The number of carbonyl (C=O) groups is 1. The fraction of sp³-hybridized carbons (Fsp3) is 0.583. The Labute approximate surface area is 106 Å². The van der Waals surface area contributed by atoms with Crippen molar-refractivity contribution in [3.63, 3.8) is 0 Å². The van der Waals surface area contributed by atoms with Crippen LogP contribution in [-0.2, 0) is 22.5 Å². The molecule has 0 saturated carbocycles. The van der Waals surface area contributed by atoms with Gasteiger partial charge in [-0.25, -0.2) is 14.8 Å². The molecule has 6 heteroatoms. The Kier molecular flexibility index (Phi) is 4.09. The summed E-state index contributed by atoms with van der Waals surface area (Å²) in [5.41, 5.74) is 1.82. The maximum atomic E-state index is 11.5. The lowest BCUT2D eigenvalue weighted by Crippen LogP contribution is -2.20. The van der Waals surface area contributed by atoms with Gasteiger partial charge in [0.15, 0.2) is 0 Å². The highest BCUT2D eigenvalue weighted by Crippen LogP contribution is 2.22. The van der Waals surface area contributed by atoms with Crippen molar-refractivity contribution >= 4 is 11.8 Å². The van der Waals surface area contributed by atoms with Crippen LogP contribution < -0.4 is 5.32 Å². The fourth-order valence-electron chi connectivity index (χ4n) is 1.80. The van der Waals surface area contributed by atoms with Crippen LogP contribution in [0.25, 0.3) is 0 Å². The zero-order chi connectivity index (χ0) is 13.0. The molecule has 0 spiro atoms. The summed E-state index contributed by atoms with van der Waals surface area (Å²) in [5, 5.41) is 3.20. The van der Waals surface area contributed by atoms with E-state index in [-0.39, 0.29) is 5.82 Å². The number of hydrogen-bond donors (Lipinski definition) is 1. The van der Waals surface area contributed by atoms with Crippen molar-refractivity contribution in [2.75, 3.05) is 25.6 Å². The molecule has 0 atom stereocenters. The third kappa shape index (κ3) is 2.59. The highest BCUT2D eigenvalue weighted by atomic mass is 16.5. The number of nitrogens with one attached hydrogen (secondary N) is 1. The molecule has 0 unspecified atom stereocenters. The summed E-state index contributed by atoms with van der Waals surface area (Å²) in [6.07, 6.45) is 1.68. The quantitative estimate of drug-likeness (QED) is 0.809. The summed E-state index contributed by atoms with van der Waals surface area (Å²) in [7, 11) is 1.33. The summed E-state index contributed by atoms with van der Waals surface area (Å²) in [4.78, 5) is 20.0. The molecule has 1 N–H and O–H groups in total. The van der Waals surface area contributed by atoms with Gasteiger partial charge < -0.3 is 14.8 Å². The average molecular weight is 251 g/mol. The molecular weight excluding hydrogens is 234 g/mol. The van der Waals surface area contributed by atoms with Crippen molar-refractivity contribution in [2.45, 2.75) is 26.4 Å². The van der Waals surface area contributed by atoms with Crippen LogP contribution >= 0.6 is 0 Å². The normalized spacial score (nSPS) is 13.9. The summed E-state index contributed by atoms with van der Waals surface area (Å²) in [6.45, 7) is 3.98. The fourth-order valence-corrected chi connectivity index (χ4v) is 1.80. The molecule has 0 aromatic carbocycles. The summed E-state index contributed by atoms with van der Waals surface area (Å²) in [5.74, 6) is 0.280. The molecule has 1 aliphatic heterocycles. The smallest absolute Gasteiger partial charge is 0.376 e. The average Bonchev–Trinajstić information content (AvgIpc) is 2.43. The van der Waals surface area contributed by atoms with E-state index in [0.29, 0.717) is 25.5 Å². The van der Waals surface area contributed by atoms with Gasteiger partial charge in [0.05, 0.1) is 26.0 Å². The van der Waals surface area contributed by atoms with Crippen molar-refractivity contribution < 1.29 is 14.3 Å². The zero-order valence-corrected chi connectivity index (χ0v) is 10.7. The Morgan fingerprint density at radius 3 is 3.06 bits per heavy atom. The number of anilines is 1. The lowest BCUT2D eigenvalue weighted by molar-refractivity contribution is 0.0584. The van der Waals surface area contributed by atoms with Crippen LogP contribution in [-0.4, -0.2) is 36.2 Å². The number of methoxy groups -OCH3 is 1. The first-order valence-electron chi connectivity index (χ1n) is 6.06. The molecule has 1 aromatic rings. The summed E-state index contributed by atoms with van der Waals surface area (Å²) in [6, 6.07) is 0. The van der Waals surface area contributed by atoms with E-state index in [0.717, 1.165) is 24.2 Å². The molecule has 98 valence electrons. The first kappa shape index (κ1) is 12.8. The van der Waals surface area contributed by atoms with Gasteiger partial charge in [-0.2, -0.15) is 0 Å². The molecule has 0 saturated heterocycles. The lowest BCUT2D eigenvalue weighted by Gasteiger charge is -2.19. The van der Waals surface area contributed by atoms with E-state index in [1.165, 1.54) is 7.11 Å². The number of fused-ring (bicyclic) bond motifs is 1. The van der Waals surface area contributed by atoms with Crippen LogP contribution in [0.1, 0.15) is 35.2 Å². The minimum atomic E-state index is -0.510. The monoisotopic (exact) mass is 251 g/mol. The predicted octanol–water partition coefficient (Wildman–Crippen LogP) is 1.16. The Balaban J connectivity index is 2.37. The van der Waals surface area contributed by atoms with Crippen molar-refractivity contribution in [1.29, 1.82) is 0 Å². The first-order chi connectivity index (χ1) is 8.76. The van der Waals surface area contributed by atoms with Crippen LogP contribution in [0.5, 0.6) is 0 Å². The van der Waals surface area contributed by atoms with Crippen LogP contribution in [0.4, 0.5) is 5.82 Å². The van der Waals surface area contributed by atoms with E-state index in [1.807, 2.05) is 0 Å². The van der Waals surface area contributed by atoms with Crippen LogP contribution in [0.3, 0.4) is 0 Å². The highest BCUT2D eigenvalue weighted by Gasteiger charge is 2.21. The van der Waals surface area contributed by atoms with E-state index in [4.69, 9.17) is 4.74 Å². The molecule has 18 heavy (non-hydrogen) atoms. The molecule has 6 nitrogen and oxygen atoms in total. The van der Waals surface area contributed by atoms with Crippen LogP contribution in [0.15, 0.2) is 0 Å². The SMILES string of the molecule is CCCNc1nc(C(=O)OC)nc2c1COCC2. The van der Waals surface area contributed by atoms with Crippen molar-refractivity contribution in [1.82, 2.24) is 9.97 Å². The zero-order valence-electron chi connectivity index (χ0n) is 10.7.